The Morgan fingerprint density at radius 2 is 2.00 bits per heavy atom. The molecule has 1 rings (SSSR count). The third kappa shape index (κ3) is 5.61. The van der Waals surface area contributed by atoms with Crippen LogP contribution in [0.5, 0.6) is 5.75 Å². The van der Waals surface area contributed by atoms with Gasteiger partial charge >= 0.3 is 0 Å². The van der Waals surface area contributed by atoms with Gasteiger partial charge < -0.3 is 14.8 Å². The molecule has 1 atom stereocenters. The molecule has 0 saturated carbocycles. The Morgan fingerprint density at radius 3 is 2.57 bits per heavy atom. The maximum absolute atomic E-state index is 5.95. The molecule has 0 amide bonds. The summed E-state index contributed by atoms with van der Waals surface area (Å²) in [7, 11) is 1.70. The van der Waals surface area contributed by atoms with E-state index in [1.54, 1.807) is 7.11 Å². The molecule has 1 aromatic rings. The fraction of sp³-hybridized carbons (Fsp3) is 0.647. The lowest BCUT2D eigenvalue weighted by Gasteiger charge is -2.35. The van der Waals surface area contributed by atoms with Gasteiger partial charge in [0.2, 0.25) is 0 Å². The highest BCUT2D eigenvalue weighted by Crippen LogP contribution is 2.27. The molecule has 3 nitrogen and oxygen atoms in total. The second-order valence-electron chi connectivity index (χ2n) is 5.70. The van der Waals surface area contributed by atoms with E-state index in [2.05, 4.69) is 48.1 Å². The zero-order chi connectivity index (χ0) is 15.9. The quantitative estimate of drug-likeness (QED) is 0.718. The van der Waals surface area contributed by atoms with E-state index >= 15 is 0 Å². The zero-order valence-corrected chi connectivity index (χ0v) is 15.4. The Labute approximate surface area is 137 Å². The van der Waals surface area contributed by atoms with E-state index in [4.69, 9.17) is 9.47 Å². The number of benzene rings is 1. The molecule has 4 heteroatoms. The van der Waals surface area contributed by atoms with Crippen molar-refractivity contribution < 1.29 is 9.47 Å². The molecule has 0 radical (unpaired) electrons. The molecule has 0 aromatic heterocycles. The first-order chi connectivity index (χ1) is 9.94. The van der Waals surface area contributed by atoms with E-state index < -0.39 is 0 Å². The van der Waals surface area contributed by atoms with Gasteiger partial charge in [-0.3, -0.25) is 0 Å². The maximum Gasteiger partial charge on any atom is 0.119 e. The summed E-state index contributed by atoms with van der Waals surface area (Å²) in [4.78, 5) is 0. The van der Waals surface area contributed by atoms with E-state index in [0.29, 0.717) is 0 Å². The molecule has 1 aromatic carbocycles. The van der Waals surface area contributed by atoms with E-state index in [0.717, 1.165) is 36.2 Å². The number of ether oxygens (including phenoxy) is 2. The number of rotatable bonds is 9. The van der Waals surface area contributed by atoms with Crippen LogP contribution < -0.4 is 10.1 Å². The lowest BCUT2D eigenvalue weighted by atomic mass is 9.91. The van der Waals surface area contributed by atoms with Crippen LogP contribution in [0, 0.1) is 0 Å². The first kappa shape index (κ1) is 18.5. The van der Waals surface area contributed by atoms with Gasteiger partial charge in [-0.05, 0) is 63.9 Å². The Balaban J connectivity index is 2.94. The molecule has 1 unspecified atom stereocenters. The Hall–Kier alpha value is -0.580. The summed E-state index contributed by atoms with van der Waals surface area (Å²) in [6.07, 6.45) is 2.00. The minimum absolute atomic E-state index is 0.216. The minimum Gasteiger partial charge on any atom is -0.497 e. The molecule has 0 bridgehead atoms. The van der Waals surface area contributed by atoms with Crippen LogP contribution in [0.25, 0.3) is 0 Å². The van der Waals surface area contributed by atoms with Crippen molar-refractivity contribution in [3.05, 3.63) is 28.2 Å². The van der Waals surface area contributed by atoms with Crippen LogP contribution in [0.2, 0.25) is 0 Å². The molecular formula is C17H28BrNO2. The van der Waals surface area contributed by atoms with Gasteiger partial charge in [-0.15, -0.1) is 0 Å². The Morgan fingerprint density at radius 1 is 1.29 bits per heavy atom. The minimum atomic E-state index is -0.216. The van der Waals surface area contributed by atoms with Gasteiger partial charge in [0.05, 0.1) is 12.7 Å². The molecule has 0 aliphatic heterocycles. The number of halogens is 1. The van der Waals surface area contributed by atoms with Crippen LogP contribution in [0.3, 0.4) is 0 Å². The van der Waals surface area contributed by atoms with Crippen molar-refractivity contribution in [3.63, 3.8) is 0 Å². The van der Waals surface area contributed by atoms with E-state index in [9.17, 15) is 0 Å². The van der Waals surface area contributed by atoms with E-state index in [1.807, 2.05) is 19.1 Å². The van der Waals surface area contributed by atoms with Gasteiger partial charge in [0.25, 0.3) is 0 Å². The third-order valence-electron chi connectivity index (χ3n) is 3.67. The molecule has 120 valence electrons. The van der Waals surface area contributed by atoms with Gasteiger partial charge in [0.15, 0.2) is 0 Å². The van der Waals surface area contributed by atoms with Crippen molar-refractivity contribution >= 4 is 15.9 Å². The second kappa shape index (κ2) is 8.76. The summed E-state index contributed by atoms with van der Waals surface area (Å²) >= 11 is 3.64. The average molecular weight is 358 g/mol. The second-order valence-corrected chi connectivity index (χ2v) is 6.56. The Kier molecular flexibility index (Phi) is 7.71. The van der Waals surface area contributed by atoms with Crippen molar-refractivity contribution in [1.82, 2.24) is 5.32 Å². The van der Waals surface area contributed by atoms with Crippen LogP contribution in [0.4, 0.5) is 0 Å². The average Bonchev–Trinajstić information content (AvgIpc) is 2.45. The molecule has 0 aliphatic carbocycles. The van der Waals surface area contributed by atoms with E-state index in [1.165, 1.54) is 5.56 Å². The normalized spacial score (nSPS) is 13.2. The highest BCUT2D eigenvalue weighted by molar-refractivity contribution is 9.10. The summed E-state index contributed by atoms with van der Waals surface area (Å²) in [6.45, 7) is 10.2. The Bertz CT molecular complexity index is 435. The highest BCUT2D eigenvalue weighted by Gasteiger charge is 2.30. The molecule has 0 spiro atoms. The summed E-state index contributed by atoms with van der Waals surface area (Å²) in [5, 5.41) is 3.62. The molecular weight excluding hydrogens is 330 g/mol. The lowest BCUT2D eigenvalue weighted by Crippen LogP contribution is -2.50. The van der Waals surface area contributed by atoms with Crippen molar-refractivity contribution in [2.45, 2.75) is 52.2 Å². The molecule has 0 saturated heterocycles. The number of methoxy groups -OCH3 is 1. The fourth-order valence-electron chi connectivity index (χ4n) is 2.41. The molecule has 0 fully saturated rings. The SMILES string of the molecule is CCCNC(Cc1cc(OC)ccc1Br)C(C)(C)OCC. The van der Waals surface area contributed by atoms with Crippen LogP contribution >= 0.6 is 15.9 Å². The van der Waals surface area contributed by atoms with Crippen LogP contribution in [-0.4, -0.2) is 31.9 Å². The van der Waals surface area contributed by atoms with E-state index in [-0.39, 0.29) is 11.6 Å². The predicted molar refractivity (Wildman–Crippen MR) is 92.2 cm³/mol. The first-order valence-corrected chi connectivity index (χ1v) is 8.43. The topological polar surface area (TPSA) is 30.5 Å². The molecule has 1 N–H and O–H groups in total. The van der Waals surface area contributed by atoms with Gasteiger partial charge in [-0.2, -0.15) is 0 Å². The fourth-order valence-corrected chi connectivity index (χ4v) is 2.82. The van der Waals surface area contributed by atoms with Crippen molar-refractivity contribution in [2.75, 3.05) is 20.3 Å². The predicted octanol–water partition coefficient (Wildman–Crippen LogP) is 4.18. The van der Waals surface area contributed by atoms with Crippen molar-refractivity contribution in [1.29, 1.82) is 0 Å². The van der Waals surface area contributed by atoms with Crippen molar-refractivity contribution in [2.24, 2.45) is 0 Å². The van der Waals surface area contributed by atoms with Gasteiger partial charge in [-0.25, -0.2) is 0 Å². The lowest BCUT2D eigenvalue weighted by molar-refractivity contribution is -0.0380. The summed E-state index contributed by atoms with van der Waals surface area (Å²) in [6, 6.07) is 6.35. The molecule has 0 heterocycles. The van der Waals surface area contributed by atoms with Crippen LogP contribution in [-0.2, 0) is 11.2 Å². The van der Waals surface area contributed by atoms with Gasteiger partial charge in [-0.1, -0.05) is 22.9 Å². The summed E-state index contributed by atoms with van der Waals surface area (Å²) in [5.74, 6) is 0.886. The first-order valence-electron chi connectivity index (χ1n) is 7.64. The summed E-state index contributed by atoms with van der Waals surface area (Å²) in [5.41, 5.74) is 1.02. The van der Waals surface area contributed by atoms with Gasteiger partial charge in [0.1, 0.15) is 5.75 Å². The smallest absolute Gasteiger partial charge is 0.119 e. The third-order valence-corrected chi connectivity index (χ3v) is 4.45. The number of hydrogen-bond acceptors (Lipinski definition) is 3. The zero-order valence-electron chi connectivity index (χ0n) is 13.8. The van der Waals surface area contributed by atoms with Crippen molar-refractivity contribution in [3.8, 4) is 5.75 Å². The van der Waals surface area contributed by atoms with Crippen LogP contribution in [0.15, 0.2) is 22.7 Å². The number of nitrogens with one attached hydrogen (secondary N) is 1. The monoisotopic (exact) mass is 357 g/mol. The summed E-state index contributed by atoms with van der Waals surface area (Å²) < 4.78 is 12.4. The molecule has 21 heavy (non-hydrogen) atoms. The molecule has 0 aliphatic rings. The maximum atomic E-state index is 5.95. The highest BCUT2D eigenvalue weighted by atomic mass is 79.9. The van der Waals surface area contributed by atoms with Crippen LogP contribution in [0.1, 0.15) is 39.7 Å². The standard InChI is InChI=1S/C17H28BrNO2/c1-6-10-19-16(17(3,4)21-7-2)12-13-11-14(20-5)8-9-15(13)18/h8-9,11,16,19H,6-7,10,12H2,1-5H3. The largest absolute Gasteiger partial charge is 0.497 e. The van der Waals surface area contributed by atoms with Gasteiger partial charge in [0, 0.05) is 17.1 Å². The number of hydrogen-bond donors (Lipinski definition) is 1.